The Balaban J connectivity index is 3.36. The van der Waals surface area contributed by atoms with Crippen LogP contribution in [0.25, 0.3) is 0 Å². The summed E-state index contributed by atoms with van der Waals surface area (Å²) in [7, 11) is -3.70. The third-order valence-electron chi connectivity index (χ3n) is 0.953. The average Bonchev–Trinajstić information content (AvgIpc) is 2.08. The van der Waals surface area contributed by atoms with E-state index < -0.39 is 10.0 Å². The van der Waals surface area contributed by atoms with Gasteiger partial charge in [0.15, 0.2) is 4.21 Å². The van der Waals surface area contributed by atoms with Crippen LogP contribution >= 0.6 is 22.9 Å². The van der Waals surface area contributed by atoms with E-state index in [0.29, 0.717) is 4.34 Å². The van der Waals surface area contributed by atoms with Crippen LogP contribution in [-0.4, -0.2) is 8.42 Å². The van der Waals surface area contributed by atoms with E-state index >= 15 is 0 Å². The van der Waals surface area contributed by atoms with Crippen molar-refractivity contribution >= 4 is 38.6 Å². The van der Waals surface area contributed by atoms with Gasteiger partial charge in [0.25, 0.3) is 0 Å². The summed E-state index contributed by atoms with van der Waals surface area (Å²) in [6.45, 7) is 0. The summed E-state index contributed by atoms with van der Waals surface area (Å²) < 4.78 is 21.7. The maximum absolute atomic E-state index is 10.7. The first kappa shape index (κ1) is 8.79. The van der Waals surface area contributed by atoms with E-state index in [1.165, 1.54) is 6.07 Å². The van der Waals surface area contributed by atoms with E-state index in [1.807, 2.05) is 0 Å². The van der Waals surface area contributed by atoms with Crippen molar-refractivity contribution in [3.8, 4) is 0 Å². The second-order valence-electron chi connectivity index (χ2n) is 1.84. The van der Waals surface area contributed by atoms with Crippen LogP contribution in [0.15, 0.2) is 10.3 Å². The molecule has 0 saturated heterocycles. The molecule has 0 radical (unpaired) electrons. The monoisotopic (exact) mass is 212 g/mol. The Morgan fingerprint density at radius 1 is 1.55 bits per heavy atom. The molecule has 1 aromatic rings. The molecule has 0 bridgehead atoms. The zero-order chi connectivity index (χ0) is 8.65. The quantitative estimate of drug-likeness (QED) is 0.716. The highest BCUT2D eigenvalue weighted by molar-refractivity contribution is 7.91. The summed E-state index contributed by atoms with van der Waals surface area (Å²) in [6.07, 6.45) is 0. The summed E-state index contributed by atoms with van der Waals surface area (Å²) in [5, 5.41) is 4.81. The Hall–Kier alpha value is -0.300. The van der Waals surface area contributed by atoms with Crippen molar-refractivity contribution in [2.45, 2.75) is 4.21 Å². The highest BCUT2D eigenvalue weighted by Gasteiger charge is 2.15. The van der Waals surface area contributed by atoms with Crippen LogP contribution < -0.4 is 10.9 Å². The van der Waals surface area contributed by atoms with E-state index in [2.05, 4.69) is 0 Å². The van der Waals surface area contributed by atoms with Crippen LogP contribution in [0.3, 0.4) is 0 Å². The van der Waals surface area contributed by atoms with Crippen molar-refractivity contribution in [2.75, 3.05) is 5.73 Å². The molecule has 0 aliphatic heterocycles. The lowest BCUT2D eigenvalue weighted by Gasteiger charge is -1.91. The molecule has 0 aromatic carbocycles. The molecule has 0 atom stereocenters. The molecule has 4 N–H and O–H groups in total. The van der Waals surface area contributed by atoms with E-state index in [4.69, 9.17) is 22.5 Å². The number of nitrogens with two attached hydrogens (primary N) is 2. The largest absolute Gasteiger partial charge is 0.397 e. The maximum atomic E-state index is 10.7. The topological polar surface area (TPSA) is 86.2 Å². The Labute approximate surface area is 72.8 Å². The van der Waals surface area contributed by atoms with Gasteiger partial charge in [-0.3, -0.25) is 0 Å². The molecule has 0 aliphatic rings. The second-order valence-corrected chi connectivity index (χ2v) is 5.28. The predicted octanol–water partition coefficient (Wildman–Crippen LogP) is 0.631. The Kier molecular flexibility index (Phi) is 2.10. The maximum Gasteiger partial charge on any atom is 0.249 e. The zero-order valence-corrected chi connectivity index (χ0v) is 7.63. The Morgan fingerprint density at radius 3 is 2.27 bits per heavy atom. The molecule has 4 nitrogen and oxygen atoms in total. The lowest BCUT2D eigenvalue weighted by atomic mass is 10.6. The van der Waals surface area contributed by atoms with Gasteiger partial charge in [-0.05, 0) is 6.07 Å². The number of halogens is 1. The summed E-state index contributed by atoms with van der Waals surface area (Å²) in [5.74, 6) is 0. The molecular formula is C4H5ClN2O2S2. The van der Waals surface area contributed by atoms with Gasteiger partial charge in [-0.2, -0.15) is 0 Å². The van der Waals surface area contributed by atoms with E-state index in [-0.39, 0.29) is 9.90 Å². The first-order valence-electron chi connectivity index (χ1n) is 2.49. The molecule has 0 amide bonds. The second kappa shape index (κ2) is 2.63. The molecule has 0 unspecified atom stereocenters. The summed E-state index contributed by atoms with van der Waals surface area (Å²) in [5.41, 5.74) is 5.39. The number of primary sulfonamides is 1. The third-order valence-corrected chi connectivity index (χ3v) is 3.73. The van der Waals surface area contributed by atoms with Crippen LogP contribution in [0.4, 0.5) is 5.69 Å². The van der Waals surface area contributed by atoms with Crippen molar-refractivity contribution < 1.29 is 8.42 Å². The molecule has 11 heavy (non-hydrogen) atoms. The van der Waals surface area contributed by atoms with Crippen LogP contribution in [0.2, 0.25) is 4.34 Å². The molecule has 1 aromatic heterocycles. The summed E-state index contributed by atoms with van der Waals surface area (Å²) in [4.78, 5) is 0. The van der Waals surface area contributed by atoms with Crippen molar-refractivity contribution in [2.24, 2.45) is 5.14 Å². The number of hydrogen-bond acceptors (Lipinski definition) is 4. The van der Waals surface area contributed by atoms with Crippen molar-refractivity contribution in [1.82, 2.24) is 0 Å². The van der Waals surface area contributed by atoms with Crippen LogP contribution in [0, 0.1) is 0 Å². The van der Waals surface area contributed by atoms with Crippen molar-refractivity contribution in [1.29, 1.82) is 0 Å². The molecule has 0 spiro atoms. The Bertz CT molecular complexity index is 369. The van der Waals surface area contributed by atoms with Gasteiger partial charge in [-0.25, -0.2) is 13.6 Å². The van der Waals surface area contributed by atoms with Crippen LogP contribution in [0.5, 0.6) is 0 Å². The molecule has 7 heteroatoms. The van der Waals surface area contributed by atoms with Gasteiger partial charge in [0.2, 0.25) is 10.0 Å². The zero-order valence-electron chi connectivity index (χ0n) is 5.24. The fourth-order valence-corrected chi connectivity index (χ4v) is 2.73. The van der Waals surface area contributed by atoms with Crippen LogP contribution in [-0.2, 0) is 10.0 Å². The van der Waals surface area contributed by atoms with Gasteiger partial charge in [-0.1, -0.05) is 11.6 Å². The number of thiophene rings is 1. The fraction of sp³-hybridized carbons (Fsp3) is 0. The number of hydrogen-bond donors (Lipinski definition) is 2. The number of sulfonamides is 1. The molecule has 0 fully saturated rings. The SMILES string of the molecule is Nc1cc(Cl)sc1S(N)(=O)=O. The summed E-state index contributed by atoms with van der Waals surface area (Å²) >= 11 is 6.34. The molecule has 62 valence electrons. The molecular weight excluding hydrogens is 208 g/mol. The third kappa shape index (κ3) is 1.84. The molecule has 1 heterocycles. The number of anilines is 1. The lowest BCUT2D eigenvalue weighted by Crippen LogP contribution is -2.11. The first-order chi connectivity index (χ1) is 4.91. The van der Waals surface area contributed by atoms with Gasteiger partial charge in [0.05, 0.1) is 10.0 Å². The van der Waals surface area contributed by atoms with Gasteiger partial charge < -0.3 is 5.73 Å². The molecule has 0 aliphatic carbocycles. The number of nitrogen functional groups attached to an aromatic ring is 1. The number of rotatable bonds is 1. The lowest BCUT2D eigenvalue weighted by molar-refractivity contribution is 0.600. The standard InChI is InChI=1S/C4H5ClN2O2S2/c5-3-1-2(6)4(10-3)11(7,8)9/h1H,6H2,(H2,7,8,9). The van der Waals surface area contributed by atoms with E-state index in [0.717, 1.165) is 11.3 Å². The molecule has 1 rings (SSSR count). The Morgan fingerprint density at radius 2 is 2.09 bits per heavy atom. The normalized spacial score (nSPS) is 11.8. The van der Waals surface area contributed by atoms with Gasteiger partial charge in [0, 0.05) is 0 Å². The smallest absolute Gasteiger partial charge is 0.249 e. The van der Waals surface area contributed by atoms with Crippen molar-refractivity contribution in [3.63, 3.8) is 0 Å². The average molecular weight is 213 g/mol. The predicted molar refractivity (Wildman–Crippen MR) is 45.1 cm³/mol. The minimum atomic E-state index is -3.70. The minimum Gasteiger partial charge on any atom is -0.397 e. The van der Waals surface area contributed by atoms with E-state index in [9.17, 15) is 8.42 Å². The van der Waals surface area contributed by atoms with Gasteiger partial charge in [0.1, 0.15) is 0 Å². The van der Waals surface area contributed by atoms with E-state index in [1.54, 1.807) is 0 Å². The van der Waals surface area contributed by atoms with Crippen molar-refractivity contribution in [3.05, 3.63) is 10.4 Å². The first-order valence-corrected chi connectivity index (χ1v) is 5.23. The fourth-order valence-electron chi connectivity index (χ4n) is 0.580. The van der Waals surface area contributed by atoms with Gasteiger partial charge >= 0.3 is 0 Å². The highest BCUT2D eigenvalue weighted by Crippen LogP contribution is 2.31. The van der Waals surface area contributed by atoms with Crippen LogP contribution in [0.1, 0.15) is 0 Å². The highest BCUT2D eigenvalue weighted by atomic mass is 35.5. The summed E-state index contributed by atoms with van der Waals surface area (Å²) in [6, 6.07) is 1.35. The molecule has 0 saturated carbocycles. The minimum absolute atomic E-state index is 0.0810. The van der Waals surface area contributed by atoms with Gasteiger partial charge in [-0.15, -0.1) is 11.3 Å².